The summed E-state index contributed by atoms with van der Waals surface area (Å²) < 4.78 is 1.82. The second-order valence-electron chi connectivity index (χ2n) is 4.98. The van der Waals surface area contributed by atoms with Gasteiger partial charge in [-0.3, -0.25) is 0 Å². The van der Waals surface area contributed by atoms with Crippen molar-refractivity contribution in [3.63, 3.8) is 0 Å². The minimum Gasteiger partial charge on any atom is -0.391 e. The number of hydrogen-bond donors (Lipinski definition) is 2. The van der Waals surface area contributed by atoms with Crippen LogP contribution in [0.1, 0.15) is 31.4 Å². The normalized spacial score (nSPS) is 24.3. The van der Waals surface area contributed by atoms with Gasteiger partial charge < -0.3 is 10.4 Å². The average molecular weight is 246 g/mol. The Hall–Kier alpha value is -1.62. The van der Waals surface area contributed by atoms with Crippen LogP contribution in [-0.2, 0) is 0 Å². The van der Waals surface area contributed by atoms with E-state index in [0.717, 1.165) is 37.0 Å². The zero-order valence-electron chi connectivity index (χ0n) is 10.5. The third-order valence-electron chi connectivity index (χ3n) is 3.59. The van der Waals surface area contributed by atoms with Crippen LogP contribution in [0.2, 0.25) is 0 Å². The number of hydrogen-bond acceptors (Lipinski definition) is 4. The average Bonchev–Trinajstić information content (AvgIpc) is 2.76. The van der Waals surface area contributed by atoms with Crippen molar-refractivity contribution in [3.05, 3.63) is 23.9 Å². The molecule has 1 saturated carbocycles. The van der Waals surface area contributed by atoms with Crippen LogP contribution in [0, 0.1) is 6.92 Å². The summed E-state index contributed by atoms with van der Waals surface area (Å²) in [5.41, 5.74) is 1.89. The number of nitrogens with zero attached hydrogens (tertiary/aromatic N) is 3. The number of pyridine rings is 1. The molecule has 96 valence electrons. The second-order valence-corrected chi connectivity index (χ2v) is 4.98. The molecule has 2 N–H and O–H groups in total. The maximum absolute atomic E-state index is 9.93. The summed E-state index contributed by atoms with van der Waals surface area (Å²) in [7, 11) is 0. The molecule has 0 spiro atoms. The van der Waals surface area contributed by atoms with Gasteiger partial charge in [0.1, 0.15) is 0 Å². The summed E-state index contributed by atoms with van der Waals surface area (Å²) in [4.78, 5) is 4.43. The van der Waals surface area contributed by atoms with Crippen molar-refractivity contribution in [2.75, 3.05) is 5.32 Å². The lowest BCUT2D eigenvalue weighted by atomic mass is 9.93. The van der Waals surface area contributed by atoms with E-state index in [1.807, 2.05) is 29.6 Å². The van der Waals surface area contributed by atoms with Crippen molar-refractivity contribution < 1.29 is 5.11 Å². The first-order chi connectivity index (χ1) is 8.74. The molecule has 0 amide bonds. The molecule has 0 saturated heterocycles. The number of aryl methyl sites for hydroxylation is 1. The van der Waals surface area contributed by atoms with Gasteiger partial charge in [0.15, 0.2) is 5.65 Å². The van der Waals surface area contributed by atoms with Gasteiger partial charge >= 0.3 is 0 Å². The number of aliphatic hydroxyl groups excluding tert-OH is 1. The van der Waals surface area contributed by atoms with E-state index in [4.69, 9.17) is 0 Å². The van der Waals surface area contributed by atoms with Gasteiger partial charge in [0, 0.05) is 5.69 Å². The molecule has 1 aliphatic rings. The largest absolute Gasteiger partial charge is 0.391 e. The highest BCUT2D eigenvalue weighted by Crippen LogP contribution is 2.21. The van der Waals surface area contributed by atoms with Gasteiger partial charge in [-0.15, -0.1) is 5.10 Å². The first-order valence-corrected chi connectivity index (χ1v) is 6.51. The van der Waals surface area contributed by atoms with E-state index in [1.165, 1.54) is 0 Å². The Morgan fingerprint density at radius 2 is 2.17 bits per heavy atom. The maximum atomic E-state index is 9.93. The van der Waals surface area contributed by atoms with E-state index in [2.05, 4.69) is 15.4 Å². The highest BCUT2D eigenvalue weighted by Gasteiger charge is 2.23. The number of rotatable bonds is 2. The molecule has 18 heavy (non-hydrogen) atoms. The number of nitrogens with one attached hydrogen (secondary N) is 1. The predicted octanol–water partition coefficient (Wildman–Crippen LogP) is 1.75. The lowest BCUT2D eigenvalue weighted by Crippen LogP contribution is -2.36. The van der Waals surface area contributed by atoms with Crippen molar-refractivity contribution >= 4 is 11.6 Å². The predicted molar refractivity (Wildman–Crippen MR) is 69.6 cm³/mol. The Labute approximate surface area is 106 Å². The molecular weight excluding hydrogens is 228 g/mol. The summed E-state index contributed by atoms with van der Waals surface area (Å²) in [6.07, 6.45) is 3.82. The third kappa shape index (κ3) is 2.06. The van der Waals surface area contributed by atoms with E-state index in [-0.39, 0.29) is 12.1 Å². The minimum atomic E-state index is -0.286. The van der Waals surface area contributed by atoms with E-state index < -0.39 is 0 Å². The Balaban J connectivity index is 1.84. The van der Waals surface area contributed by atoms with E-state index in [1.54, 1.807) is 0 Å². The van der Waals surface area contributed by atoms with E-state index in [0.29, 0.717) is 5.95 Å². The Bertz CT molecular complexity index is 551. The zero-order valence-corrected chi connectivity index (χ0v) is 10.5. The van der Waals surface area contributed by atoms with Crippen LogP contribution in [0.3, 0.4) is 0 Å². The van der Waals surface area contributed by atoms with E-state index >= 15 is 0 Å². The number of aliphatic hydroxyl groups is 1. The molecule has 0 aliphatic heterocycles. The van der Waals surface area contributed by atoms with Crippen LogP contribution in [0.25, 0.3) is 5.65 Å². The molecule has 5 heteroatoms. The van der Waals surface area contributed by atoms with Gasteiger partial charge in [-0.2, -0.15) is 4.98 Å². The van der Waals surface area contributed by atoms with Crippen LogP contribution in [0.15, 0.2) is 18.2 Å². The molecule has 1 fully saturated rings. The van der Waals surface area contributed by atoms with Crippen molar-refractivity contribution in [2.45, 2.75) is 44.8 Å². The second kappa shape index (κ2) is 4.57. The van der Waals surface area contributed by atoms with Crippen LogP contribution in [0.5, 0.6) is 0 Å². The SMILES string of the molecule is Cc1cccc2nc(NC3CCCCC3O)nn12. The highest BCUT2D eigenvalue weighted by atomic mass is 16.3. The van der Waals surface area contributed by atoms with E-state index in [9.17, 15) is 5.11 Å². The summed E-state index contributed by atoms with van der Waals surface area (Å²) in [6, 6.07) is 5.98. The summed E-state index contributed by atoms with van der Waals surface area (Å²) in [5, 5.41) is 17.6. The summed E-state index contributed by atoms with van der Waals surface area (Å²) in [5.74, 6) is 0.607. The number of fused-ring (bicyclic) bond motifs is 1. The highest BCUT2D eigenvalue weighted by molar-refractivity contribution is 5.44. The Morgan fingerprint density at radius 3 is 2.94 bits per heavy atom. The molecule has 2 aromatic rings. The molecule has 2 unspecified atom stereocenters. The van der Waals surface area contributed by atoms with Crippen LogP contribution in [-0.4, -0.2) is 31.9 Å². The topological polar surface area (TPSA) is 62.5 Å². The molecule has 2 heterocycles. The van der Waals surface area contributed by atoms with Gasteiger partial charge in [0.25, 0.3) is 0 Å². The number of aromatic nitrogens is 3. The molecule has 2 aromatic heterocycles. The molecule has 2 atom stereocenters. The molecule has 0 bridgehead atoms. The Morgan fingerprint density at radius 1 is 1.33 bits per heavy atom. The van der Waals surface area contributed by atoms with Crippen molar-refractivity contribution in [1.82, 2.24) is 14.6 Å². The maximum Gasteiger partial charge on any atom is 0.243 e. The summed E-state index contributed by atoms with van der Waals surface area (Å²) in [6.45, 7) is 2.00. The molecule has 0 radical (unpaired) electrons. The smallest absolute Gasteiger partial charge is 0.243 e. The standard InChI is InChI=1S/C13H18N4O/c1-9-5-4-8-12-15-13(16-17(9)12)14-10-6-2-3-7-11(10)18/h4-5,8,10-11,18H,2-3,6-7H2,1H3,(H,14,16). The fourth-order valence-electron chi connectivity index (χ4n) is 2.54. The first kappa shape index (κ1) is 11.5. The van der Waals surface area contributed by atoms with Crippen molar-refractivity contribution in [3.8, 4) is 0 Å². The molecule has 5 nitrogen and oxygen atoms in total. The fourth-order valence-corrected chi connectivity index (χ4v) is 2.54. The van der Waals surface area contributed by atoms with Gasteiger partial charge in [0.2, 0.25) is 5.95 Å². The lowest BCUT2D eigenvalue weighted by Gasteiger charge is -2.27. The lowest BCUT2D eigenvalue weighted by molar-refractivity contribution is 0.116. The molecule has 0 aromatic carbocycles. The van der Waals surface area contributed by atoms with Gasteiger partial charge in [-0.1, -0.05) is 18.9 Å². The zero-order chi connectivity index (χ0) is 12.5. The molecule has 3 rings (SSSR count). The Kier molecular flexibility index (Phi) is 2.91. The van der Waals surface area contributed by atoms with Crippen LogP contribution >= 0.6 is 0 Å². The van der Waals surface area contributed by atoms with Crippen LogP contribution in [0.4, 0.5) is 5.95 Å². The van der Waals surface area contributed by atoms with Crippen molar-refractivity contribution in [2.24, 2.45) is 0 Å². The first-order valence-electron chi connectivity index (χ1n) is 6.51. The molecule has 1 aliphatic carbocycles. The molecular formula is C13H18N4O. The third-order valence-corrected chi connectivity index (χ3v) is 3.59. The van der Waals surface area contributed by atoms with Crippen LogP contribution < -0.4 is 5.32 Å². The monoisotopic (exact) mass is 246 g/mol. The quantitative estimate of drug-likeness (QED) is 0.847. The van der Waals surface area contributed by atoms with Gasteiger partial charge in [0.05, 0.1) is 12.1 Å². The van der Waals surface area contributed by atoms with Gasteiger partial charge in [-0.05, 0) is 31.9 Å². The van der Waals surface area contributed by atoms with Gasteiger partial charge in [-0.25, -0.2) is 4.52 Å². The minimum absolute atomic E-state index is 0.0801. The van der Waals surface area contributed by atoms with Crippen molar-refractivity contribution in [1.29, 1.82) is 0 Å². The summed E-state index contributed by atoms with van der Waals surface area (Å²) >= 11 is 0. The fraction of sp³-hybridized carbons (Fsp3) is 0.538. The number of anilines is 1.